The molecule has 2 heterocycles. The maximum Gasteiger partial charge on any atom is 0.329 e. The fourth-order valence-corrected chi connectivity index (χ4v) is 3.50. The molecule has 32 heavy (non-hydrogen) atoms. The first kappa shape index (κ1) is 23.2. The summed E-state index contributed by atoms with van der Waals surface area (Å²) in [6, 6.07) is 22.5. The molecule has 3 amide bonds. The highest BCUT2D eigenvalue weighted by Gasteiger charge is 2.32. The Labute approximate surface area is 193 Å². The van der Waals surface area contributed by atoms with Crippen LogP contribution in [0.3, 0.4) is 0 Å². The molecule has 2 N–H and O–H groups in total. The zero-order valence-corrected chi connectivity index (χ0v) is 18.8. The maximum absolute atomic E-state index is 13.4. The van der Waals surface area contributed by atoms with E-state index in [2.05, 4.69) is 15.6 Å². The molecule has 0 radical (unpaired) electrons. The smallest absolute Gasteiger partial charge is 0.314 e. The predicted octanol–water partition coefficient (Wildman–Crippen LogP) is 4.32. The van der Waals surface area contributed by atoms with Gasteiger partial charge in [0.2, 0.25) is 5.91 Å². The van der Waals surface area contributed by atoms with E-state index in [1.807, 2.05) is 66.7 Å². The zero-order valence-electron chi connectivity index (χ0n) is 18.0. The molecule has 0 bridgehead atoms. The lowest BCUT2D eigenvalue weighted by atomic mass is 10.1. The van der Waals surface area contributed by atoms with Crippen LogP contribution in [0.4, 0.5) is 22.0 Å². The molecule has 0 fully saturated rings. The van der Waals surface area contributed by atoms with E-state index in [0.717, 1.165) is 22.6 Å². The van der Waals surface area contributed by atoms with E-state index in [9.17, 15) is 9.59 Å². The van der Waals surface area contributed by atoms with E-state index in [1.165, 1.54) is 0 Å². The molecule has 1 atom stereocenters. The molecule has 166 valence electrons. The van der Waals surface area contributed by atoms with Gasteiger partial charge in [0.15, 0.2) is 0 Å². The fourth-order valence-electron chi connectivity index (χ4n) is 3.50. The van der Waals surface area contributed by atoms with E-state index < -0.39 is 0 Å². The third kappa shape index (κ3) is 4.90. The van der Waals surface area contributed by atoms with Crippen LogP contribution < -0.4 is 15.5 Å². The maximum atomic E-state index is 13.4. The highest BCUT2D eigenvalue weighted by atomic mass is 35.5. The average molecular weight is 452 g/mol. The summed E-state index contributed by atoms with van der Waals surface area (Å²) in [5.41, 5.74) is 3.27. The monoisotopic (exact) mass is 451 g/mol. The highest BCUT2D eigenvalue weighted by molar-refractivity contribution is 6.02. The number of benzene rings is 2. The number of halogens is 1. The van der Waals surface area contributed by atoms with Crippen molar-refractivity contribution in [2.24, 2.45) is 0 Å². The van der Waals surface area contributed by atoms with Crippen molar-refractivity contribution in [3.05, 3.63) is 84.1 Å². The van der Waals surface area contributed by atoms with Crippen molar-refractivity contribution < 1.29 is 9.59 Å². The van der Waals surface area contributed by atoms with Gasteiger partial charge in [-0.15, -0.1) is 12.4 Å². The Morgan fingerprint density at radius 2 is 1.69 bits per heavy atom. The Bertz CT molecular complexity index is 1080. The number of likely N-dealkylation sites (N-methyl/N-ethyl adjacent to an activating group) is 1. The Balaban J connectivity index is 0.00000289. The first-order valence-corrected chi connectivity index (χ1v) is 10.2. The van der Waals surface area contributed by atoms with Crippen molar-refractivity contribution in [1.82, 2.24) is 15.2 Å². The number of fused-ring (bicyclic) bond motifs is 1. The number of amides is 3. The molecule has 2 aromatic carbocycles. The minimum absolute atomic E-state index is 0. The molecular weight excluding hydrogens is 426 g/mol. The molecule has 0 unspecified atom stereocenters. The Morgan fingerprint density at radius 3 is 2.34 bits per heavy atom. The fraction of sp³-hybridized carbons (Fsp3) is 0.208. The SMILES string of the molecule is CN[C@@H](C)C(=O)Nc1ccc2c(n1)CN(Cc1ccccc1)C(=O)N2c1ccccc1.Cl. The summed E-state index contributed by atoms with van der Waals surface area (Å²) in [6.07, 6.45) is 0. The van der Waals surface area contributed by atoms with Gasteiger partial charge in [-0.3, -0.25) is 9.69 Å². The lowest BCUT2D eigenvalue weighted by molar-refractivity contribution is -0.117. The third-order valence-corrected chi connectivity index (χ3v) is 5.30. The van der Waals surface area contributed by atoms with Gasteiger partial charge in [0, 0.05) is 6.54 Å². The lowest BCUT2D eigenvalue weighted by Gasteiger charge is -2.36. The number of urea groups is 1. The number of hydrogen-bond acceptors (Lipinski definition) is 4. The Hall–Kier alpha value is -3.42. The third-order valence-electron chi connectivity index (χ3n) is 5.30. The van der Waals surface area contributed by atoms with Crippen LogP contribution in [0.15, 0.2) is 72.8 Å². The van der Waals surface area contributed by atoms with Gasteiger partial charge in [0.1, 0.15) is 5.82 Å². The van der Waals surface area contributed by atoms with Crippen molar-refractivity contribution in [2.45, 2.75) is 26.1 Å². The van der Waals surface area contributed by atoms with E-state index in [-0.39, 0.29) is 30.4 Å². The summed E-state index contributed by atoms with van der Waals surface area (Å²) in [5.74, 6) is 0.302. The number of nitrogens with zero attached hydrogens (tertiary/aromatic N) is 3. The van der Waals surface area contributed by atoms with Crippen molar-refractivity contribution >= 4 is 41.5 Å². The quantitative estimate of drug-likeness (QED) is 0.585. The van der Waals surface area contributed by atoms with Crippen molar-refractivity contribution in [3.8, 4) is 0 Å². The number of pyridine rings is 1. The summed E-state index contributed by atoms with van der Waals surface area (Å²) in [6.45, 7) is 2.61. The molecule has 0 aliphatic carbocycles. The lowest BCUT2D eigenvalue weighted by Crippen LogP contribution is -2.44. The van der Waals surface area contributed by atoms with Crippen molar-refractivity contribution in [1.29, 1.82) is 0 Å². The molecule has 1 aliphatic heterocycles. The van der Waals surface area contributed by atoms with Crippen LogP contribution in [-0.2, 0) is 17.9 Å². The number of aromatic nitrogens is 1. The number of carbonyl (C=O) groups excluding carboxylic acids is 2. The number of para-hydroxylation sites is 1. The molecule has 0 spiro atoms. The molecule has 8 heteroatoms. The van der Waals surface area contributed by atoms with E-state index >= 15 is 0 Å². The van der Waals surface area contributed by atoms with Gasteiger partial charge >= 0.3 is 6.03 Å². The van der Waals surface area contributed by atoms with Gasteiger partial charge in [0.25, 0.3) is 0 Å². The van der Waals surface area contributed by atoms with Crippen LogP contribution in [0.2, 0.25) is 0 Å². The summed E-state index contributed by atoms with van der Waals surface area (Å²) in [5, 5.41) is 5.75. The van der Waals surface area contributed by atoms with Crippen LogP contribution in [0.25, 0.3) is 0 Å². The Kier molecular flexibility index (Phi) is 7.45. The van der Waals surface area contributed by atoms with Gasteiger partial charge < -0.3 is 15.5 Å². The van der Waals surface area contributed by atoms with E-state index in [1.54, 1.807) is 29.8 Å². The van der Waals surface area contributed by atoms with Crippen molar-refractivity contribution in [3.63, 3.8) is 0 Å². The minimum atomic E-state index is -0.338. The molecule has 1 aliphatic rings. The Morgan fingerprint density at radius 1 is 1.03 bits per heavy atom. The standard InChI is InChI=1S/C24H25N5O2.ClH/c1-17(25-2)23(30)27-22-14-13-21-20(26-22)16-28(15-18-9-5-3-6-10-18)24(31)29(21)19-11-7-4-8-12-19;/h3-14,17,25H,15-16H2,1-2H3,(H,26,27,30);1H/t17-;/m0./s1. The second-order valence-corrected chi connectivity index (χ2v) is 7.46. The number of hydrogen-bond donors (Lipinski definition) is 2. The number of rotatable bonds is 6. The van der Waals surface area contributed by atoms with E-state index in [4.69, 9.17) is 0 Å². The summed E-state index contributed by atoms with van der Waals surface area (Å²) in [4.78, 5) is 33.8. The van der Waals surface area contributed by atoms with Gasteiger partial charge in [-0.1, -0.05) is 48.5 Å². The largest absolute Gasteiger partial charge is 0.329 e. The predicted molar refractivity (Wildman–Crippen MR) is 128 cm³/mol. The van der Waals surface area contributed by atoms with Crippen LogP contribution >= 0.6 is 12.4 Å². The molecule has 0 saturated heterocycles. The van der Waals surface area contributed by atoms with Crippen LogP contribution in [0, 0.1) is 0 Å². The summed E-state index contributed by atoms with van der Waals surface area (Å²) >= 11 is 0. The first-order chi connectivity index (χ1) is 15.1. The second-order valence-electron chi connectivity index (χ2n) is 7.46. The van der Waals surface area contributed by atoms with Crippen LogP contribution in [0.1, 0.15) is 18.2 Å². The van der Waals surface area contributed by atoms with Crippen LogP contribution in [0.5, 0.6) is 0 Å². The second kappa shape index (κ2) is 10.3. The average Bonchev–Trinajstić information content (AvgIpc) is 2.80. The molecule has 0 saturated carbocycles. The van der Waals surface area contributed by atoms with Gasteiger partial charge in [-0.25, -0.2) is 9.78 Å². The number of nitrogens with one attached hydrogen (secondary N) is 2. The van der Waals surface area contributed by atoms with Gasteiger partial charge in [0.05, 0.1) is 29.7 Å². The summed E-state index contributed by atoms with van der Waals surface area (Å²) < 4.78 is 0. The van der Waals surface area contributed by atoms with Crippen LogP contribution in [-0.4, -0.2) is 34.9 Å². The topological polar surface area (TPSA) is 77.6 Å². The van der Waals surface area contributed by atoms with Gasteiger partial charge in [-0.05, 0) is 43.8 Å². The number of anilines is 3. The minimum Gasteiger partial charge on any atom is -0.314 e. The molecule has 3 aromatic rings. The van der Waals surface area contributed by atoms with Gasteiger partial charge in [-0.2, -0.15) is 0 Å². The first-order valence-electron chi connectivity index (χ1n) is 10.2. The summed E-state index contributed by atoms with van der Waals surface area (Å²) in [7, 11) is 1.73. The number of carbonyl (C=O) groups is 2. The van der Waals surface area contributed by atoms with Crippen molar-refractivity contribution in [2.75, 3.05) is 17.3 Å². The molecular formula is C24H26ClN5O2. The molecule has 1 aromatic heterocycles. The van der Waals surface area contributed by atoms with E-state index in [0.29, 0.717) is 18.9 Å². The molecule has 4 rings (SSSR count). The molecule has 7 nitrogen and oxygen atoms in total. The zero-order chi connectivity index (χ0) is 21.8. The normalized spacial score (nSPS) is 13.8. The highest BCUT2D eigenvalue weighted by Crippen LogP contribution is 2.35.